The Morgan fingerprint density at radius 1 is 0.970 bits per heavy atom. The first kappa shape index (κ1) is 22.5. The molecule has 2 aromatic heterocycles. The highest BCUT2D eigenvalue weighted by Crippen LogP contribution is 2.23. The van der Waals surface area contributed by atoms with Gasteiger partial charge in [0.15, 0.2) is 5.52 Å². The van der Waals surface area contributed by atoms with Crippen LogP contribution in [0.1, 0.15) is 48.8 Å². The Kier molecular flexibility index (Phi) is 6.14. The average Bonchev–Trinajstić information content (AvgIpc) is 3.16. The minimum atomic E-state index is -0.740. The smallest absolute Gasteiger partial charge is 0.295 e. The van der Waals surface area contributed by atoms with Crippen LogP contribution in [0.4, 0.5) is 5.69 Å². The molecule has 0 aliphatic rings. The van der Waals surface area contributed by atoms with E-state index in [1.807, 2.05) is 76.2 Å². The number of anilines is 1. The lowest BCUT2D eigenvalue weighted by atomic mass is 10.1. The van der Waals surface area contributed by atoms with Crippen LogP contribution < -0.4 is 10.9 Å². The van der Waals surface area contributed by atoms with Gasteiger partial charge in [-0.05, 0) is 63.4 Å². The molecule has 0 radical (unpaired) electrons. The first-order chi connectivity index (χ1) is 15.8. The molecule has 1 N–H and O–H groups in total. The monoisotopic (exact) mass is 443 g/mol. The molecule has 0 saturated heterocycles. The van der Waals surface area contributed by atoms with Crippen LogP contribution >= 0.6 is 0 Å². The molecule has 4 aromatic rings. The SMILES string of the molecule is CCc1ccc(NC(=O)[C@H](CC)n2nc(C)c3c(C)n(-c4ccc(C)cc4)nc3c2=O)cc1. The fourth-order valence-electron chi connectivity index (χ4n) is 4.12. The number of aromatic nitrogens is 4. The van der Waals surface area contributed by atoms with Crippen LogP contribution in [0.25, 0.3) is 16.6 Å². The lowest BCUT2D eigenvalue weighted by Gasteiger charge is -2.17. The number of hydrogen-bond acceptors (Lipinski definition) is 4. The standard InChI is InChI=1S/C26H29N5O2/c1-6-19-10-12-20(13-11-19)27-25(32)22(7-2)31-26(33)24-23(17(4)28-31)18(5)30(29-24)21-14-8-16(3)9-15-21/h8-15,22H,6-7H2,1-5H3,(H,27,32)/t22-/m0/s1. The van der Waals surface area contributed by atoms with Gasteiger partial charge in [0, 0.05) is 5.69 Å². The van der Waals surface area contributed by atoms with E-state index in [4.69, 9.17) is 0 Å². The van der Waals surface area contributed by atoms with Gasteiger partial charge in [-0.1, -0.05) is 43.7 Å². The predicted molar refractivity (Wildman–Crippen MR) is 131 cm³/mol. The van der Waals surface area contributed by atoms with Crippen molar-refractivity contribution in [2.75, 3.05) is 5.32 Å². The van der Waals surface area contributed by atoms with Crippen molar-refractivity contribution in [1.29, 1.82) is 0 Å². The van der Waals surface area contributed by atoms with Crippen LogP contribution in [0.3, 0.4) is 0 Å². The summed E-state index contributed by atoms with van der Waals surface area (Å²) >= 11 is 0. The van der Waals surface area contributed by atoms with E-state index in [2.05, 4.69) is 22.4 Å². The maximum absolute atomic E-state index is 13.4. The van der Waals surface area contributed by atoms with Gasteiger partial charge in [0.25, 0.3) is 5.56 Å². The Bertz CT molecular complexity index is 1370. The quantitative estimate of drug-likeness (QED) is 0.470. The molecule has 2 aromatic carbocycles. The van der Waals surface area contributed by atoms with E-state index in [-0.39, 0.29) is 11.5 Å². The summed E-state index contributed by atoms with van der Waals surface area (Å²) in [6, 6.07) is 14.9. The average molecular weight is 444 g/mol. The molecule has 2 heterocycles. The molecule has 0 bridgehead atoms. The van der Waals surface area contributed by atoms with E-state index in [0.29, 0.717) is 23.3 Å². The number of carbonyl (C=O) groups is 1. The topological polar surface area (TPSA) is 81.8 Å². The number of rotatable bonds is 6. The van der Waals surface area contributed by atoms with Crippen LogP contribution in [0, 0.1) is 20.8 Å². The van der Waals surface area contributed by atoms with Gasteiger partial charge >= 0.3 is 0 Å². The van der Waals surface area contributed by atoms with Gasteiger partial charge in [0.2, 0.25) is 5.91 Å². The Hall–Kier alpha value is -3.74. The molecule has 170 valence electrons. The molecule has 0 fully saturated rings. The van der Waals surface area contributed by atoms with E-state index in [0.717, 1.165) is 28.8 Å². The van der Waals surface area contributed by atoms with Crippen LogP contribution in [0.15, 0.2) is 53.3 Å². The van der Waals surface area contributed by atoms with Gasteiger partial charge in [0.05, 0.1) is 22.5 Å². The number of fused-ring (bicyclic) bond motifs is 1. The number of amides is 1. The molecular formula is C26H29N5O2. The second-order valence-electron chi connectivity index (χ2n) is 8.36. The summed E-state index contributed by atoms with van der Waals surface area (Å²) in [7, 11) is 0. The third kappa shape index (κ3) is 4.18. The zero-order valence-corrected chi connectivity index (χ0v) is 19.7. The van der Waals surface area contributed by atoms with Crippen molar-refractivity contribution in [2.24, 2.45) is 0 Å². The summed E-state index contributed by atoms with van der Waals surface area (Å²) in [5, 5.41) is 12.8. The Labute approximate surface area is 193 Å². The molecule has 0 saturated carbocycles. The van der Waals surface area contributed by atoms with Gasteiger partial charge in [0.1, 0.15) is 6.04 Å². The number of nitrogens with one attached hydrogen (secondary N) is 1. The van der Waals surface area contributed by atoms with E-state index in [1.165, 1.54) is 10.2 Å². The van der Waals surface area contributed by atoms with E-state index < -0.39 is 6.04 Å². The highest BCUT2D eigenvalue weighted by molar-refractivity contribution is 5.94. The summed E-state index contributed by atoms with van der Waals surface area (Å²) in [6.45, 7) is 9.75. The largest absolute Gasteiger partial charge is 0.324 e. The normalized spacial score (nSPS) is 12.2. The minimum absolute atomic E-state index is 0.273. The second kappa shape index (κ2) is 9.02. The van der Waals surface area contributed by atoms with Crippen LogP contribution in [-0.4, -0.2) is 25.5 Å². The van der Waals surface area contributed by atoms with Crippen molar-refractivity contribution in [2.45, 2.75) is 53.5 Å². The number of aryl methyl sites for hydroxylation is 4. The van der Waals surface area contributed by atoms with Crippen molar-refractivity contribution in [3.63, 3.8) is 0 Å². The molecule has 0 aliphatic heterocycles. The molecule has 7 nitrogen and oxygen atoms in total. The number of nitrogens with zero attached hydrogens (tertiary/aromatic N) is 4. The third-order valence-corrected chi connectivity index (χ3v) is 6.04. The molecule has 4 rings (SSSR count). The highest BCUT2D eigenvalue weighted by Gasteiger charge is 2.25. The first-order valence-corrected chi connectivity index (χ1v) is 11.3. The molecule has 0 aliphatic carbocycles. The molecule has 33 heavy (non-hydrogen) atoms. The van der Waals surface area contributed by atoms with Crippen molar-refractivity contribution in [3.05, 3.63) is 81.4 Å². The molecular weight excluding hydrogens is 414 g/mol. The Morgan fingerprint density at radius 2 is 1.64 bits per heavy atom. The third-order valence-electron chi connectivity index (χ3n) is 6.04. The number of carbonyl (C=O) groups excluding carboxylic acids is 1. The van der Waals surface area contributed by atoms with Gasteiger partial charge in [-0.3, -0.25) is 9.59 Å². The van der Waals surface area contributed by atoms with Crippen molar-refractivity contribution < 1.29 is 4.79 Å². The van der Waals surface area contributed by atoms with Gasteiger partial charge < -0.3 is 5.32 Å². The zero-order chi connectivity index (χ0) is 23.7. The van der Waals surface area contributed by atoms with Gasteiger partial charge in [-0.15, -0.1) is 0 Å². The van der Waals surface area contributed by atoms with Crippen molar-refractivity contribution in [1.82, 2.24) is 19.6 Å². The maximum atomic E-state index is 13.4. The Balaban J connectivity index is 1.74. The molecule has 1 atom stereocenters. The fourth-order valence-corrected chi connectivity index (χ4v) is 4.12. The maximum Gasteiger partial charge on any atom is 0.295 e. The summed E-state index contributed by atoms with van der Waals surface area (Å²) in [6.07, 6.45) is 1.35. The lowest BCUT2D eigenvalue weighted by Crippen LogP contribution is -2.35. The van der Waals surface area contributed by atoms with Gasteiger partial charge in [-0.25, -0.2) is 9.36 Å². The summed E-state index contributed by atoms with van der Waals surface area (Å²) in [4.78, 5) is 26.5. The van der Waals surface area contributed by atoms with Gasteiger partial charge in [-0.2, -0.15) is 10.2 Å². The molecule has 7 heteroatoms. The Morgan fingerprint density at radius 3 is 2.24 bits per heavy atom. The summed E-state index contributed by atoms with van der Waals surface area (Å²) in [5.74, 6) is -0.273. The van der Waals surface area contributed by atoms with Crippen LogP contribution in [0.2, 0.25) is 0 Å². The van der Waals surface area contributed by atoms with E-state index in [1.54, 1.807) is 4.68 Å². The summed E-state index contributed by atoms with van der Waals surface area (Å²) < 4.78 is 3.04. The molecule has 1 amide bonds. The van der Waals surface area contributed by atoms with Crippen LogP contribution in [-0.2, 0) is 11.2 Å². The predicted octanol–water partition coefficient (Wildman–Crippen LogP) is 4.66. The lowest BCUT2D eigenvalue weighted by molar-refractivity contribution is -0.119. The molecule has 0 spiro atoms. The summed E-state index contributed by atoms with van der Waals surface area (Å²) in [5.41, 5.74) is 5.37. The second-order valence-corrected chi connectivity index (χ2v) is 8.36. The number of benzene rings is 2. The van der Waals surface area contributed by atoms with Crippen molar-refractivity contribution >= 4 is 22.5 Å². The first-order valence-electron chi connectivity index (χ1n) is 11.3. The highest BCUT2D eigenvalue weighted by atomic mass is 16.2. The zero-order valence-electron chi connectivity index (χ0n) is 19.7. The number of hydrogen-bond donors (Lipinski definition) is 1. The van der Waals surface area contributed by atoms with Crippen LogP contribution in [0.5, 0.6) is 0 Å². The minimum Gasteiger partial charge on any atom is -0.324 e. The van der Waals surface area contributed by atoms with E-state index >= 15 is 0 Å². The van der Waals surface area contributed by atoms with Crippen molar-refractivity contribution in [3.8, 4) is 5.69 Å². The molecule has 0 unspecified atom stereocenters. The van der Waals surface area contributed by atoms with E-state index in [9.17, 15) is 9.59 Å². The fraction of sp³-hybridized carbons (Fsp3) is 0.308.